The number of fused-ring (bicyclic) bond motifs is 4. The van der Waals surface area contributed by atoms with E-state index in [1.807, 2.05) is 0 Å². The normalized spacial score (nSPS) is 28.1. The SMILES string of the molecule is COC(=O)N1C(=O)C2CC=C3C(CC4C(=O)N(Nc5ccc(F)cc5)C(=O)C4(c4ccc(Cl)cc4)C3c3cc(Cl)ccc3O)C2C1=O. The fourth-order valence-corrected chi connectivity index (χ4v) is 8.33. The number of hydrogen-bond donors (Lipinski definition) is 2. The van der Waals surface area contributed by atoms with E-state index in [1.54, 1.807) is 30.3 Å². The number of anilines is 1. The van der Waals surface area contributed by atoms with E-state index in [-0.39, 0.29) is 34.9 Å². The number of imide groups is 4. The Morgan fingerprint density at radius 2 is 1.62 bits per heavy atom. The number of likely N-dealkylation sites (tertiary alicyclic amines) is 1. The van der Waals surface area contributed by atoms with E-state index < -0.39 is 70.5 Å². The summed E-state index contributed by atoms with van der Waals surface area (Å²) in [5, 5.41) is 12.9. The summed E-state index contributed by atoms with van der Waals surface area (Å²) in [6.45, 7) is 0. The number of phenols is 1. The summed E-state index contributed by atoms with van der Waals surface area (Å²) in [7, 11) is 1.07. The predicted octanol–water partition coefficient (Wildman–Crippen LogP) is 5.59. The first-order valence-corrected chi connectivity index (χ1v) is 15.5. The minimum absolute atomic E-state index is 0.0480. The Hall–Kier alpha value is -4.74. The van der Waals surface area contributed by atoms with E-state index in [1.165, 1.54) is 42.5 Å². The molecule has 240 valence electrons. The van der Waals surface area contributed by atoms with Crippen LogP contribution in [0, 0.1) is 29.5 Å². The predicted molar refractivity (Wildman–Crippen MR) is 166 cm³/mol. The second-order valence-corrected chi connectivity index (χ2v) is 12.9. The van der Waals surface area contributed by atoms with Gasteiger partial charge in [0.1, 0.15) is 11.6 Å². The Labute approximate surface area is 277 Å². The van der Waals surface area contributed by atoms with Crippen molar-refractivity contribution in [2.75, 3.05) is 12.5 Å². The first-order chi connectivity index (χ1) is 22.5. The van der Waals surface area contributed by atoms with Crippen molar-refractivity contribution in [3.05, 3.63) is 105 Å². The molecule has 3 fully saturated rings. The molecule has 2 saturated heterocycles. The molecule has 0 aromatic heterocycles. The number of hydrazine groups is 1. The van der Waals surface area contributed by atoms with Gasteiger partial charge in [-0.25, -0.2) is 9.18 Å². The number of halogens is 3. The van der Waals surface area contributed by atoms with Gasteiger partial charge in [-0.05, 0) is 78.9 Å². The highest BCUT2D eigenvalue weighted by Crippen LogP contribution is 2.65. The number of carbonyl (C=O) groups is 5. The number of phenolic OH excluding ortho intramolecular Hbond substituents is 1. The van der Waals surface area contributed by atoms with Crippen molar-refractivity contribution < 1.29 is 38.2 Å². The van der Waals surface area contributed by atoms with Gasteiger partial charge in [0.25, 0.3) is 11.8 Å². The van der Waals surface area contributed by atoms with Crippen LogP contribution < -0.4 is 5.43 Å². The molecule has 47 heavy (non-hydrogen) atoms. The van der Waals surface area contributed by atoms with Gasteiger partial charge in [-0.3, -0.25) is 24.6 Å². The first-order valence-electron chi connectivity index (χ1n) is 14.8. The van der Waals surface area contributed by atoms with Crippen LogP contribution in [0.4, 0.5) is 14.9 Å². The van der Waals surface area contributed by atoms with Crippen molar-refractivity contribution in [2.24, 2.45) is 23.7 Å². The van der Waals surface area contributed by atoms with Crippen LogP contribution in [0.15, 0.2) is 78.4 Å². The lowest BCUT2D eigenvalue weighted by Gasteiger charge is -2.50. The molecule has 5 amide bonds. The number of carbonyl (C=O) groups excluding carboxylic acids is 5. The number of benzene rings is 3. The van der Waals surface area contributed by atoms with Crippen LogP contribution in [0.3, 0.4) is 0 Å². The van der Waals surface area contributed by atoms with Gasteiger partial charge in [0, 0.05) is 21.5 Å². The number of allylic oxidation sites excluding steroid dienone is 2. The largest absolute Gasteiger partial charge is 0.508 e. The van der Waals surface area contributed by atoms with Crippen molar-refractivity contribution >= 4 is 58.6 Å². The molecule has 6 unspecified atom stereocenters. The van der Waals surface area contributed by atoms with Crippen molar-refractivity contribution in [3.63, 3.8) is 0 Å². The number of nitrogens with zero attached hydrogens (tertiary/aromatic N) is 2. The van der Waals surface area contributed by atoms with Crippen LogP contribution in [0.1, 0.15) is 29.9 Å². The van der Waals surface area contributed by atoms with E-state index >= 15 is 4.79 Å². The van der Waals surface area contributed by atoms with Crippen LogP contribution in [0.2, 0.25) is 10.0 Å². The zero-order chi connectivity index (χ0) is 33.4. The third-order valence-corrected chi connectivity index (χ3v) is 10.4. The summed E-state index contributed by atoms with van der Waals surface area (Å²) in [4.78, 5) is 69.7. The average molecular weight is 679 g/mol. The second kappa shape index (κ2) is 11.2. The molecule has 0 spiro atoms. The standard InChI is InChI=1S/C34H26Cl2FN3O7/c1-47-33(46)39-29(42)22-12-11-21-23(27(22)31(39)44)15-25-30(43)40(38-20-9-7-19(37)8-10-20)32(45)34(25,16-2-4-17(35)5-3-16)28(21)24-14-18(36)6-13-26(24)41/h2-11,13-14,22-23,25,27-28,38,41H,12,15H2,1H3. The summed E-state index contributed by atoms with van der Waals surface area (Å²) in [6, 6.07) is 16.0. The Morgan fingerprint density at radius 1 is 0.936 bits per heavy atom. The smallest absolute Gasteiger partial charge is 0.423 e. The fourth-order valence-electron chi connectivity index (χ4n) is 8.03. The highest BCUT2D eigenvalue weighted by atomic mass is 35.5. The lowest BCUT2D eigenvalue weighted by Crippen LogP contribution is -2.53. The molecule has 3 aromatic carbocycles. The summed E-state index contributed by atoms with van der Waals surface area (Å²) >= 11 is 12.7. The van der Waals surface area contributed by atoms with Crippen LogP contribution in [-0.2, 0) is 29.3 Å². The maximum atomic E-state index is 15.0. The van der Waals surface area contributed by atoms with Crippen LogP contribution >= 0.6 is 23.2 Å². The molecular formula is C34H26Cl2FN3O7. The summed E-state index contributed by atoms with van der Waals surface area (Å²) in [6.07, 6.45) is 0.680. The topological polar surface area (TPSA) is 133 Å². The van der Waals surface area contributed by atoms with Crippen molar-refractivity contribution in [3.8, 4) is 5.75 Å². The second-order valence-electron chi connectivity index (χ2n) is 12.1. The van der Waals surface area contributed by atoms with Gasteiger partial charge in [0.2, 0.25) is 11.8 Å². The minimum Gasteiger partial charge on any atom is -0.508 e. The number of hydrogen-bond acceptors (Lipinski definition) is 8. The maximum Gasteiger partial charge on any atom is 0.423 e. The quantitative estimate of drug-likeness (QED) is 0.270. The van der Waals surface area contributed by atoms with E-state index in [0.717, 1.165) is 12.1 Å². The molecule has 7 rings (SSSR count). The third-order valence-electron chi connectivity index (χ3n) is 9.91. The first kappa shape index (κ1) is 30.9. The van der Waals surface area contributed by atoms with Crippen LogP contribution in [0.5, 0.6) is 5.75 Å². The Balaban J connectivity index is 1.47. The lowest BCUT2D eigenvalue weighted by atomic mass is 9.49. The fraction of sp³-hybridized carbons (Fsp3) is 0.265. The van der Waals surface area contributed by atoms with Crippen molar-refractivity contribution in [2.45, 2.75) is 24.2 Å². The molecule has 1 saturated carbocycles. The molecule has 2 heterocycles. The van der Waals surface area contributed by atoms with E-state index in [0.29, 0.717) is 21.1 Å². The monoisotopic (exact) mass is 677 g/mol. The van der Waals surface area contributed by atoms with Crippen LogP contribution in [-0.4, -0.2) is 51.8 Å². The Kier molecular flexibility index (Phi) is 7.36. The summed E-state index contributed by atoms with van der Waals surface area (Å²) in [5.41, 5.74) is 2.62. The van der Waals surface area contributed by atoms with E-state index in [2.05, 4.69) is 5.43 Å². The summed E-state index contributed by atoms with van der Waals surface area (Å²) < 4.78 is 18.5. The van der Waals surface area contributed by atoms with Gasteiger partial charge in [0.15, 0.2) is 0 Å². The zero-order valence-electron chi connectivity index (χ0n) is 24.7. The molecule has 3 aromatic rings. The maximum absolute atomic E-state index is 15.0. The third kappa shape index (κ3) is 4.47. The van der Waals surface area contributed by atoms with E-state index in [9.17, 15) is 28.7 Å². The van der Waals surface area contributed by atoms with Gasteiger partial charge < -0.3 is 9.84 Å². The zero-order valence-corrected chi connectivity index (χ0v) is 26.2. The lowest BCUT2D eigenvalue weighted by molar-refractivity contribution is -0.140. The number of ether oxygens (including phenoxy) is 1. The molecule has 0 bridgehead atoms. The number of amides is 5. The average Bonchev–Trinajstić information content (AvgIpc) is 3.44. The van der Waals surface area contributed by atoms with Gasteiger partial charge >= 0.3 is 6.09 Å². The van der Waals surface area contributed by atoms with Gasteiger partial charge in [-0.1, -0.05) is 47.0 Å². The number of nitrogens with one attached hydrogen (secondary N) is 1. The summed E-state index contributed by atoms with van der Waals surface area (Å²) in [5.74, 6) is -8.37. The number of rotatable bonds is 4. The molecular weight excluding hydrogens is 652 g/mol. The molecule has 13 heteroatoms. The molecule has 2 N–H and O–H groups in total. The Morgan fingerprint density at radius 3 is 2.30 bits per heavy atom. The van der Waals surface area contributed by atoms with Gasteiger partial charge in [-0.15, -0.1) is 0 Å². The number of methoxy groups -OCH3 is 1. The van der Waals surface area contributed by atoms with Crippen molar-refractivity contribution in [1.29, 1.82) is 0 Å². The molecule has 6 atom stereocenters. The van der Waals surface area contributed by atoms with Gasteiger partial charge in [0.05, 0.1) is 36.0 Å². The van der Waals surface area contributed by atoms with E-state index in [4.69, 9.17) is 27.9 Å². The number of aromatic hydroxyl groups is 1. The molecule has 4 aliphatic rings. The molecule has 2 aliphatic heterocycles. The van der Waals surface area contributed by atoms with Gasteiger partial charge in [-0.2, -0.15) is 9.91 Å². The Bertz CT molecular complexity index is 1900. The van der Waals surface area contributed by atoms with Crippen LogP contribution in [0.25, 0.3) is 0 Å². The molecule has 10 nitrogen and oxygen atoms in total. The highest BCUT2D eigenvalue weighted by molar-refractivity contribution is 6.31. The minimum atomic E-state index is -1.69. The molecule has 2 aliphatic carbocycles. The highest BCUT2D eigenvalue weighted by Gasteiger charge is 2.71. The van der Waals surface area contributed by atoms with Crippen molar-refractivity contribution in [1.82, 2.24) is 9.91 Å². The molecule has 0 radical (unpaired) electrons.